The maximum Gasteiger partial charge on any atom is 0.279 e. The number of piperidine rings is 1. The lowest BCUT2D eigenvalue weighted by molar-refractivity contribution is 0.258. The summed E-state index contributed by atoms with van der Waals surface area (Å²) < 4.78 is 28.5. The monoisotopic (exact) mass is 277 g/mol. The highest BCUT2D eigenvalue weighted by molar-refractivity contribution is 7.87. The third-order valence-corrected chi connectivity index (χ3v) is 5.07. The van der Waals surface area contributed by atoms with Crippen molar-refractivity contribution in [1.82, 2.24) is 14.3 Å². The van der Waals surface area contributed by atoms with Crippen LogP contribution in [0.4, 0.5) is 0 Å². The van der Waals surface area contributed by atoms with E-state index in [0.29, 0.717) is 19.0 Å². The molecule has 0 aromatic heterocycles. The molecule has 0 saturated carbocycles. The molecule has 0 unspecified atom stereocenters. The van der Waals surface area contributed by atoms with Gasteiger partial charge in [-0.15, -0.1) is 0 Å². The molecule has 1 rings (SSSR count). The van der Waals surface area contributed by atoms with Crippen molar-refractivity contribution >= 4 is 10.2 Å². The van der Waals surface area contributed by atoms with Crippen molar-refractivity contribution in [3.63, 3.8) is 0 Å². The molecule has 0 atom stereocenters. The van der Waals surface area contributed by atoms with Crippen LogP contribution in [0, 0.1) is 5.92 Å². The summed E-state index contributed by atoms with van der Waals surface area (Å²) in [6.07, 6.45) is 3.07. The Morgan fingerprint density at radius 3 is 2.22 bits per heavy atom. The van der Waals surface area contributed by atoms with Crippen molar-refractivity contribution < 1.29 is 8.42 Å². The Hall–Kier alpha value is -0.170. The molecule has 1 fully saturated rings. The summed E-state index contributed by atoms with van der Waals surface area (Å²) >= 11 is 0. The van der Waals surface area contributed by atoms with Gasteiger partial charge < -0.3 is 5.32 Å². The Morgan fingerprint density at radius 1 is 1.22 bits per heavy atom. The van der Waals surface area contributed by atoms with Gasteiger partial charge in [0.2, 0.25) is 0 Å². The van der Waals surface area contributed by atoms with Crippen LogP contribution in [-0.4, -0.2) is 44.9 Å². The number of nitrogens with zero attached hydrogens (tertiary/aromatic N) is 1. The highest BCUT2D eigenvalue weighted by Gasteiger charge is 2.30. The van der Waals surface area contributed by atoms with E-state index in [9.17, 15) is 8.42 Å². The molecule has 0 spiro atoms. The highest BCUT2D eigenvalue weighted by Crippen LogP contribution is 2.22. The average molecular weight is 277 g/mol. The maximum absolute atomic E-state index is 12.1. The summed E-state index contributed by atoms with van der Waals surface area (Å²) in [5.74, 6) is 0.651. The first-order valence-corrected chi connectivity index (χ1v) is 8.12. The number of hydrogen-bond donors (Lipinski definition) is 2. The highest BCUT2D eigenvalue weighted by atomic mass is 32.2. The predicted octanol–water partition coefficient (Wildman–Crippen LogP) is 0.941. The van der Waals surface area contributed by atoms with E-state index in [1.54, 1.807) is 4.31 Å². The fourth-order valence-electron chi connectivity index (χ4n) is 2.24. The zero-order valence-electron chi connectivity index (χ0n) is 12.0. The number of rotatable bonds is 5. The third-order valence-electron chi connectivity index (χ3n) is 3.15. The molecule has 108 valence electrons. The van der Waals surface area contributed by atoms with Gasteiger partial charge in [0.05, 0.1) is 0 Å². The summed E-state index contributed by atoms with van der Waals surface area (Å²) in [5.41, 5.74) is -0.415. The van der Waals surface area contributed by atoms with Gasteiger partial charge in [-0.1, -0.05) is 0 Å². The minimum atomic E-state index is -3.32. The van der Waals surface area contributed by atoms with Crippen LogP contribution in [0.25, 0.3) is 0 Å². The summed E-state index contributed by atoms with van der Waals surface area (Å²) in [7, 11) is -1.37. The van der Waals surface area contributed by atoms with Crippen LogP contribution >= 0.6 is 0 Å². The summed E-state index contributed by atoms with van der Waals surface area (Å²) in [6.45, 7) is 7.88. The molecule has 0 aromatic rings. The molecule has 5 nitrogen and oxygen atoms in total. The van der Waals surface area contributed by atoms with Crippen LogP contribution in [0.5, 0.6) is 0 Å². The molecule has 2 N–H and O–H groups in total. The van der Waals surface area contributed by atoms with Gasteiger partial charge in [0.1, 0.15) is 0 Å². The average Bonchev–Trinajstić information content (AvgIpc) is 2.23. The summed E-state index contributed by atoms with van der Waals surface area (Å²) in [5, 5.41) is 3.14. The van der Waals surface area contributed by atoms with Crippen molar-refractivity contribution in [2.24, 2.45) is 5.92 Å². The normalized spacial score (nSPS) is 20.2. The van der Waals surface area contributed by atoms with Crippen LogP contribution in [0.15, 0.2) is 0 Å². The quantitative estimate of drug-likeness (QED) is 0.786. The van der Waals surface area contributed by atoms with Crippen molar-refractivity contribution in [2.75, 3.05) is 26.7 Å². The third kappa shape index (κ3) is 5.22. The Balaban J connectivity index is 2.47. The second-order valence-corrected chi connectivity index (χ2v) is 7.76. The summed E-state index contributed by atoms with van der Waals surface area (Å²) in [6, 6.07) is 0. The van der Waals surface area contributed by atoms with Crippen molar-refractivity contribution in [1.29, 1.82) is 0 Å². The van der Waals surface area contributed by atoms with E-state index < -0.39 is 15.7 Å². The SMILES string of the molecule is CNCCC1CCN(S(=O)(=O)NC(C)(C)C)CC1. The van der Waals surface area contributed by atoms with E-state index in [0.717, 1.165) is 25.8 Å². The molecule has 0 bridgehead atoms. The molecule has 1 aliphatic rings. The topological polar surface area (TPSA) is 61.4 Å². The molecule has 0 aliphatic carbocycles. The largest absolute Gasteiger partial charge is 0.320 e. The zero-order chi connectivity index (χ0) is 13.8. The zero-order valence-corrected chi connectivity index (χ0v) is 12.8. The second kappa shape index (κ2) is 6.32. The fourth-order valence-corrected chi connectivity index (χ4v) is 3.83. The molecule has 0 amide bonds. The molecule has 1 saturated heterocycles. The van der Waals surface area contributed by atoms with Gasteiger partial charge in [-0.05, 0) is 59.5 Å². The van der Waals surface area contributed by atoms with Gasteiger partial charge in [0.15, 0.2) is 0 Å². The van der Waals surface area contributed by atoms with E-state index in [1.165, 1.54) is 0 Å². The van der Waals surface area contributed by atoms with E-state index in [4.69, 9.17) is 0 Å². The first kappa shape index (κ1) is 15.9. The Morgan fingerprint density at radius 2 is 1.78 bits per heavy atom. The second-order valence-electron chi connectivity index (χ2n) is 6.09. The maximum atomic E-state index is 12.1. The van der Waals surface area contributed by atoms with Crippen molar-refractivity contribution in [3.8, 4) is 0 Å². The van der Waals surface area contributed by atoms with Crippen LogP contribution in [0.3, 0.4) is 0 Å². The standard InChI is InChI=1S/C12H27N3O2S/c1-12(2,3)14-18(16,17)15-9-6-11(7-10-15)5-8-13-4/h11,13-14H,5-10H2,1-4H3. The Labute approximate surface area is 112 Å². The fraction of sp³-hybridized carbons (Fsp3) is 1.00. The van der Waals surface area contributed by atoms with Gasteiger partial charge in [0, 0.05) is 18.6 Å². The molecule has 0 radical (unpaired) electrons. The van der Waals surface area contributed by atoms with E-state index in [1.807, 2.05) is 27.8 Å². The molecule has 1 heterocycles. The van der Waals surface area contributed by atoms with Crippen LogP contribution < -0.4 is 10.0 Å². The first-order valence-electron chi connectivity index (χ1n) is 6.68. The summed E-state index contributed by atoms with van der Waals surface area (Å²) in [4.78, 5) is 0. The van der Waals surface area contributed by atoms with E-state index >= 15 is 0 Å². The molecule has 6 heteroatoms. The van der Waals surface area contributed by atoms with Gasteiger partial charge in [-0.25, -0.2) is 0 Å². The molecular formula is C12H27N3O2S. The smallest absolute Gasteiger partial charge is 0.279 e. The van der Waals surface area contributed by atoms with Gasteiger partial charge >= 0.3 is 0 Å². The Kier molecular flexibility index (Phi) is 5.58. The van der Waals surface area contributed by atoms with Crippen LogP contribution in [-0.2, 0) is 10.2 Å². The van der Waals surface area contributed by atoms with E-state index in [2.05, 4.69) is 10.0 Å². The first-order chi connectivity index (χ1) is 8.24. The lowest BCUT2D eigenvalue weighted by atomic mass is 9.95. The van der Waals surface area contributed by atoms with Gasteiger partial charge in [-0.3, -0.25) is 0 Å². The van der Waals surface area contributed by atoms with Crippen LogP contribution in [0.1, 0.15) is 40.0 Å². The Bertz CT molecular complexity index is 341. The lowest BCUT2D eigenvalue weighted by Gasteiger charge is -2.33. The molecule has 18 heavy (non-hydrogen) atoms. The molecule has 1 aliphatic heterocycles. The molecular weight excluding hydrogens is 250 g/mol. The number of hydrogen-bond acceptors (Lipinski definition) is 3. The van der Waals surface area contributed by atoms with E-state index in [-0.39, 0.29) is 0 Å². The van der Waals surface area contributed by atoms with Crippen LogP contribution in [0.2, 0.25) is 0 Å². The molecule has 0 aromatic carbocycles. The number of nitrogens with one attached hydrogen (secondary N) is 2. The van der Waals surface area contributed by atoms with Crippen molar-refractivity contribution in [2.45, 2.75) is 45.6 Å². The minimum absolute atomic E-state index is 0.415. The predicted molar refractivity (Wildman–Crippen MR) is 74.6 cm³/mol. The minimum Gasteiger partial charge on any atom is -0.320 e. The lowest BCUT2D eigenvalue weighted by Crippen LogP contribution is -2.51. The van der Waals surface area contributed by atoms with Gasteiger partial charge in [0.25, 0.3) is 10.2 Å². The van der Waals surface area contributed by atoms with Crippen molar-refractivity contribution in [3.05, 3.63) is 0 Å². The van der Waals surface area contributed by atoms with Gasteiger partial charge in [-0.2, -0.15) is 17.4 Å².